The lowest BCUT2D eigenvalue weighted by molar-refractivity contribution is 0.439. The quantitative estimate of drug-likeness (QED) is 0.494. The van der Waals surface area contributed by atoms with Crippen molar-refractivity contribution in [3.63, 3.8) is 0 Å². The summed E-state index contributed by atoms with van der Waals surface area (Å²) in [5, 5.41) is 3.58. The summed E-state index contributed by atoms with van der Waals surface area (Å²) >= 11 is 0. The summed E-state index contributed by atoms with van der Waals surface area (Å²) < 4.78 is 0. The molecular formula is C7H13N. The van der Waals surface area contributed by atoms with Crippen LogP contribution in [0.4, 0.5) is 0 Å². The van der Waals surface area contributed by atoms with Crippen molar-refractivity contribution in [3.05, 3.63) is 0 Å². The first-order valence-corrected chi connectivity index (χ1v) is 3.62. The van der Waals surface area contributed by atoms with Gasteiger partial charge in [0.25, 0.3) is 0 Å². The molecule has 2 fully saturated rings. The van der Waals surface area contributed by atoms with Gasteiger partial charge < -0.3 is 5.32 Å². The van der Waals surface area contributed by atoms with Crippen LogP contribution in [0.3, 0.4) is 0 Å². The van der Waals surface area contributed by atoms with Gasteiger partial charge in [0.15, 0.2) is 0 Å². The largest absolute Gasteiger partial charge is 0.311 e. The molecule has 0 unspecified atom stereocenters. The highest BCUT2D eigenvalue weighted by Gasteiger charge is 2.35. The van der Waals surface area contributed by atoms with E-state index in [1.54, 1.807) is 0 Å². The number of fused-ring (bicyclic) bond motifs is 2. The van der Waals surface area contributed by atoms with Gasteiger partial charge in [0, 0.05) is 12.1 Å². The molecule has 0 amide bonds. The number of rotatable bonds is 0. The van der Waals surface area contributed by atoms with Crippen LogP contribution in [-0.2, 0) is 0 Å². The van der Waals surface area contributed by atoms with Crippen LogP contribution >= 0.6 is 0 Å². The van der Waals surface area contributed by atoms with Gasteiger partial charge in [0.1, 0.15) is 0 Å². The Morgan fingerprint density at radius 1 is 1.38 bits per heavy atom. The van der Waals surface area contributed by atoms with Gasteiger partial charge in [-0.1, -0.05) is 6.92 Å². The minimum Gasteiger partial charge on any atom is -0.311 e. The highest BCUT2D eigenvalue weighted by molar-refractivity contribution is 4.95. The Morgan fingerprint density at radius 3 is 2.50 bits per heavy atom. The summed E-state index contributed by atoms with van der Waals surface area (Å²) in [4.78, 5) is 0. The Hall–Kier alpha value is -0.0400. The van der Waals surface area contributed by atoms with Crippen molar-refractivity contribution in [1.29, 1.82) is 0 Å². The standard InChI is InChI=1S/C7H13N/c1-5-4-6-2-3-7(5)8-6/h5-8H,2-4H2,1H3/t5-,6+,7-/m0/s1. The third-order valence-corrected chi connectivity index (χ3v) is 2.62. The molecule has 8 heavy (non-hydrogen) atoms. The summed E-state index contributed by atoms with van der Waals surface area (Å²) in [7, 11) is 0. The van der Waals surface area contributed by atoms with Crippen LogP contribution in [0.2, 0.25) is 0 Å². The normalized spacial score (nSPS) is 52.9. The third-order valence-electron chi connectivity index (χ3n) is 2.62. The number of nitrogens with one attached hydrogen (secondary N) is 1. The Morgan fingerprint density at radius 2 is 2.25 bits per heavy atom. The zero-order valence-corrected chi connectivity index (χ0v) is 5.35. The maximum Gasteiger partial charge on any atom is 0.00964 e. The van der Waals surface area contributed by atoms with E-state index in [1.807, 2.05) is 0 Å². The van der Waals surface area contributed by atoms with Crippen LogP contribution in [0.1, 0.15) is 26.2 Å². The Kier molecular flexibility index (Phi) is 0.884. The van der Waals surface area contributed by atoms with E-state index >= 15 is 0 Å². The molecule has 2 heterocycles. The van der Waals surface area contributed by atoms with Crippen LogP contribution in [0, 0.1) is 5.92 Å². The minimum absolute atomic E-state index is 0.889. The smallest absolute Gasteiger partial charge is 0.00964 e. The molecule has 1 nitrogen and oxygen atoms in total. The highest BCUT2D eigenvalue weighted by Crippen LogP contribution is 2.32. The zero-order valence-electron chi connectivity index (χ0n) is 5.35. The van der Waals surface area contributed by atoms with Crippen molar-refractivity contribution in [1.82, 2.24) is 5.32 Å². The maximum atomic E-state index is 3.58. The first-order valence-electron chi connectivity index (χ1n) is 3.62. The summed E-state index contributed by atoms with van der Waals surface area (Å²) in [6.07, 6.45) is 4.31. The van der Waals surface area contributed by atoms with E-state index in [9.17, 15) is 0 Å². The number of hydrogen-bond acceptors (Lipinski definition) is 1. The summed E-state index contributed by atoms with van der Waals surface area (Å²) in [5.41, 5.74) is 0. The van der Waals surface area contributed by atoms with Gasteiger partial charge >= 0.3 is 0 Å². The average Bonchev–Trinajstić information content (AvgIpc) is 2.23. The monoisotopic (exact) mass is 111 g/mol. The first-order chi connectivity index (χ1) is 3.86. The van der Waals surface area contributed by atoms with E-state index in [4.69, 9.17) is 0 Å². The van der Waals surface area contributed by atoms with Crippen molar-refractivity contribution in [2.75, 3.05) is 0 Å². The van der Waals surface area contributed by atoms with E-state index in [2.05, 4.69) is 12.2 Å². The molecule has 0 aromatic carbocycles. The maximum absolute atomic E-state index is 3.58. The second-order valence-electron chi connectivity index (χ2n) is 3.26. The second kappa shape index (κ2) is 1.47. The van der Waals surface area contributed by atoms with Gasteiger partial charge in [0.2, 0.25) is 0 Å². The average molecular weight is 111 g/mol. The topological polar surface area (TPSA) is 12.0 Å². The van der Waals surface area contributed by atoms with E-state index < -0.39 is 0 Å². The van der Waals surface area contributed by atoms with Crippen molar-refractivity contribution in [2.24, 2.45) is 5.92 Å². The molecule has 46 valence electrons. The zero-order chi connectivity index (χ0) is 5.56. The fourth-order valence-electron chi connectivity index (χ4n) is 2.10. The fourth-order valence-corrected chi connectivity index (χ4v) is 2.10. The van der Waals surface area contributed by atoms with Crippen LogP contribution in [-0.4, -0.2) is 12.1 Å². The first kappa shape index (κ1) is 4.80. The molecule has 0 spiro atoms. The van der Waals surface area contributed by atoms with Gasteiger partial charge in [-0.05, 0) is 25.2 Å². The van der Waals surface area contributed by atoms with Crippen molar-refractivity contribution in [3.8, 4) is 0 Å². The Labute approximate surface area is 50.5 Å². The van der Waals surface area contributed by atoms with Gasteiger partial charge in [-0.2, -0.15) is 0 Å². The van der Waals surface area contributed by atoms with Gasteiger partial charge in [-0.3, -0.25) is 0 Å². The van der Waals surface area contributed by atoms with E-state index in [1.165, 1.54) is 19.3 Å². The lowest BCUT2D eigenvalue weighted by Gasteiger charge is -2.13. The van der Waals surface area contributed by atoms with Crippen LogP contribution in [0.5, 0.6) is 0 Å². The van der Waals surface area contributed by atoms with Crippen molar-refractivity contribution < 1.29 is 0 Å². The lowest BCUT2D eigenvalue weighted by Crippen LogP contribution is -2.20. The van der Waals surface area contributed by atoms with Crippen LogP contribution in [0.15, 0.2) is 0 Å². The van der Waals surface area contributed by atoms with Crippen LogP contribution < -0.4 is 5.32 Å². The van der Waals surface area contributed by atoms with E-state index in [-0.39, 0.29) is 0 Å². The van der Waals surface area contributed by atoms with Crippen molar-refractivity contribution in [2.45, 2.75) is 38.3 Å². The summed E-state index contributed by atoms with van der Waals surface area (Å²) in [6, 6.07) is 1.79. The SMILES string of the molecule is C[C@H]1C[C@H]2CC[C@@H]1N2. The van der Waals surface area contributed by atoms with Gasteiger partial charge in [-0.15, -0.1) is 0 Å². The highest BCUT2D eigenvalue weighted by atomic mass is 15.0. The molecule has 0 saturated carbocycles. The predicted molar refractivity (Wildman–Crippen MR) is 33.7 cm³/mol. The summed E-state index contributed by atoms with van der Waals surface area (Å²) in [5.74, 6) is 0.966. The molecule has 2 saturated heterocycles. The second-order valence-corrected chi connectivity index (χ2v) is 3.26. The molecular weight excluding hydrogens is 98.1 g/mol. The van der Waals surface area contributed by atoms with E-state index in [0.717, 1.165) is 18.0 Å². The predicted octanol–water partition coefficient (Wildman–Crippen LogP) is 1.15. The molecule has 2 rings (SSSR count). The molecule has 2 aliphatic heterocycles. The van der Waals surface area contributed by atoms with Gasteiger partial charge in [0.05, 0.1) is 0 Å². The summed E-state index contributed by atoms with van der Waals surface area (Å²) in [6.45, 7) is 2.36. The molecule has 0 aromatic heterocycles. The molecule has 0 aliphatic carbocycles. The Balaban J connectivity index is 2.11. The number of hydrogen-bond donors (Lipinski definition) is 1. The van der Waals surface area contributed by atoms with E-state index in [0.29, 0.717) is 0 Å². The van der Waals surface area contributed by atoms with Crippen LogP contribution in [0.25, 0.3) is 0 Å². The Bertz CT molecular complexity index is 98.6. The minimum atomic E-state index is 0.889. The lowest BCUT2D eigenvalue weighted by atomic mass is 9.91. The fraction of sp³-hybridized carbons (Fsp3) is 1.00. The molecule has 2 aliphatic rings. The molecule has 1 N–H and O–H groups in total. The molecule has 0 aromatic rings. The van der Waals surface area contributed by atoms with Gasteiger partial charge in [-0.25, -0.2) is 0 Å². The molecule has 3 atom stereocenters. The molecule has 1 heteroatoms. The van der Waals surface area contributed by atoms with Crippen molar-refractivity contribution >= 4 is 0 Å². The molecule has 2 bridgehead atoms. The molecule has 0 radical (unpaired) electrons. The third kappa shape index (κ3) is 0.510.